The molecule has 3 aliphatic rings. The molecule has 24 heavy (non-hydrogen) atoms. The van der Waals surface area contributed by atoms with Crippen molar-refractivity contribution in [3.63, 3.8) is 0 Å². The molecule has 0 aliphatic carbocycles. The van der Waals surface area contributed by atoms with Gasteiger partial charge < -0.3 is 30.5 Å². The van der Waals surface area contributed by atoms with Crippen molar-refractivity contribution in [3.8, 4) is 0 Å². The summed E-state index contributed by atoms with van der Waals surface area (Å²) in [4.78, 5) is 36.8. The van der Waals surface area contributed by atoms with Gasteiger partial charge in [0.05, 0.1) is 24.7 Å². The lowest BCUT2D eigenvalue weighted by atomic mass is 9.77. The van der Waals surface area contributed by atoms with Crippen LogP contribution < -0.4 is 10.6 Å². The number of nitrogens with one attached hydrogen (secondary N) is 2. The molecule has 3 amide bonds. The molecule has 3 aliphatic heterocycles. The summed E-state index contributed by atoms with van der Waals surface area (Å²) in [7, 11) is 0. The molecule has 1 unspecified atom stereocenters. The van der Waals surface area contributed by atoms with Crippen LogP contribution in [0.3, 0.4) is 0 Å². The largest absolute Gasteiger partial charge is 0.465 e. The fourth-order valence-corrected chi connectivity index (χ4v) is 3.64. The van der Waals surface area contributed by atoms with Gasteiger partial charge in [0.15, 0.2) is 6.10 Å². The summed E-state index contributed by atoms with van der Waals surface area (Å²) in [6.45, 7) is 2.88. The van der Waals surface area contributed by atoms with E-state index in [1.165, 1.54) is 4.90 Å². The molecule has 0 aromatic carbocycles. The minimum atomic E-state index is -1.49. The molecule has 0 aromatic rings. The maximum atomic E-state index is 12.4. The predicted octanol–water partition coefficient (Wildman–Crippen LogP) is -1.24. The molecule has 3 heterocycles. The van der Waals surface area contributed by atoms with E-state index in [-0.39, 0.29) is 17.7 Å². The smallest absolute Gasteiger partial charge is 0.404 e. The van der Waals surface area contributed by atoms with Crippen LogP contribution in [-0.4, -0.2) is 78.0 Å². The van der Waals surface area contributed by atoms with Crippen LogP contribution in [-0.2, 0) is 14.3 Å². The zero-order valence-electron chi connectivity index (χ0n) is 13.4. The Hall–Kier alpha value is -1.87. The van der Waals surface area contributed by atoms with Crippen molar-refractivity contribution in [2.45, 2.75) is 31.4 Å². The Kier molecular flexibility index (Phi) is 4.64. The lowest BCUT2D eigenvalue weighted by molar-refractivity contribution is -0.200. The second-order valence-corrected chi connectivity index (χ2v) is 7.05. The second-order valence-electron chi connectivity index (χ2n) is 7.05. The summed E-state index contributed by atoms with van der Waals surface area (Å²) in [5.41, 5.74) is 0.0222. The number of carboxylic acid groups (broad SMARTS) is 1. The van der Waals surface area contributed by atoms with Crippen molar-refractivity contribution in [1.82, 2.24) is 15.5 Å². The van der Waals surface area contributed by atoms with Crippen LogP contribution in [0.15, 0.2) is 0 Å². The van der Waals surface area contributed by atoms with Crippen molar-refractivity contribution < 1.29 is 29.3 Å². The van der Waals surface area contributed by atoms with Crippen molar-refractivity contribution >= 4 is 17.9 Å². The van der Waals surface area contributed by atoms with Gasteiger partial charge in [-0.3, -0.25) is 9.59 Å². The Bertz CT molecular complexity index is 527. The molecular formula is C15H23N3O6. The molecule has 9 heteroatoms. The minimum absolute atomic E-state index is 0.0222. The third kappa shape index (κ3) is 3.32. The topological polar surface area (TPSA) is 128 Å². The Labute approximate surface area is 139 Å². The van der Waals surface area contributed by atoms with Crippen LogP contribution in [0.2, 0.25) is 0 Å². The summed E-state index contributed by atoms with van der Waals surface area (Å²) < 4.78 is 5.15. The fraction of sp³-hybridized carbons (Fsp3) is 0.800. The third-order valence-corrected chi connectivity index (χ3v) is 5.06. The molecular weight excluding hydrogens is 318 g/mol. The number of rotatable bonds is 5. The van der Waals surface area contributed by atoms with Crippen LogP contribution in [0.1, 0.15) is 19.3 Å². The van der Waals surface area contributed by atoms with E-state index in [4.69, 9.17) is 9.84 Å². The number of nitrogens with zero attached hydrogens (tertiary/aromatic N) is 1. The maximum Gasteiger partial charge on any atom is 0.404 e. The third-order valence-electron chi connectivity index (χ3n) is 5.06. The summed E-state index contributed by atoms with van der Waals surface area (Å²) in [5.74, 6) is -1.06. The zero-order valence-corrected chi connectivity index (χ0v) is 13.4. The minimum Gasteiger partial charge on any atom is -0.465 e. The number of ether oxygens (including phenoxy) is 1. The summed E-state index contributed by atoms with van der Waals surface area (Å²) in [6.07, 6.45) is -1.29. The molecule has 0 radical (unpaired) electrons. The molecule has 3 rings (SSSR count). The Morgan fingerprint density at radius 2 is 2.12 bits per heavy atom. The highest BCUT2D eigenvalue weighted by atomic mass is 16.5. The first-order valence-electron chi connectivity index (χ1n) is 8.22. The van der Waals surface area contributed by atoms with E-state index in [0.717, 1.165) is 6.42 Å². The highest BCUT2D eigenvalue weighted by Gasteiger charge is 2.52. The summed E-state index contributed by atoms with van der Waals surface area (Å²) in [5, 5.41) is 24.3. The molecule has 0 aromatic heterocycles. The van der Waals surface area contributed by atoms with Gasteiger partial charge in [-0.25, -0.2) is 4.79 Å². The normalized spacial score (nSPS) is 27.5. The number of amides is 3. The number of carbonyl (C=O) groups excluding carboxylic acids is 2. The number of hydrogen-bond donors (Lipinski definition) is 4. The highest BCUT2D eigenvalue weighted by molar-refractivity contribution is 5.84. The van der Waals surface area contributed by atoms with Gasteiger partial charge in [-0.1, -0.05) is 0 Å². The van der Waals surface area contributed by atoms with Crippen molar-refractivity contribution in [1.29, 1.82) is 0 Å². The standard InChI is InChI=1S/C15H23N3O6/c19-11(13(21)18-5-15(6-18)7-24-8-15)10(17-14(22)23)4-9-2-1-3-16-12(9)20/h9-11,17,19H,1-8H2,(H,16,20)(H,22,23)/t9-,10-,11?/m0/s1. The van der Waals surface area contributed by atoms with Gasteiger partial charge in [-0.2, -0.15) is 0 Å². The molecule has 0 saturated carbocycles. The van der Waals surface area contributed by atoms with E-state index in [9.17, 15) is 19.5 Å². The molecule has 9 nitrogen and oxygen atoms in total. The van der Waals surface area contributed by atoms with Crippen LogP contribution in [0.25, 0.3) is 0 Å². The number of piperidine rings is 1. The fourth-order valence-electron chi connectivity index (χ4n) is 3.64. The number of carbonyl (C=O) groups is 3. The van der Waals surface area contributed by atoms with Gasteiger partial charge in [-0.15, -0.1) is 0 Å². The Morgan fingerprint density at radius 3 is 2.67 bits per heavy atom. The lowest BCUT2D eigenvalue weighted by Crippen LogP contribution is -2.69. The number of likely N-dealkylation sites (tertiary alicyclic amines) is 1. The van der Waals surface area contributed by atoms with Gasteiger partial charge in [0.1, 0.15) is 0 Å². The molecule has 3 saturated heterocycles. The number of aliphatic hydroxyl groups excluding tert-OH is 1. The summed E-state index contributed by atoms with van der Waals surface area (Å²) >= 11 is 0. The van der Waals surface area contributed by atoms with E-state index in [0.29, 0.717) is 39.3 Å². The van der Waals surface area contributed by atoms with Crippen molar-refractivity contribution in [3.05, 3.63) is 0 Å². The van der Waals surface area contributed by atoms with Crippen LogP contribution in [0.4, 0.5) is 4.79 Å². The van der Waals surface area contributed by atoms with E-state index >= 15 is 0 Å². The van der Waals surface area contributed by atoms with E-state index in [1.807, 2.05) is 0 Å². The van der Waals surface area contributed by atoms with Gasteiger partial charge in [-0.05, 0) is 19.3 Å². The average Bonchev–Trinajstić information content (AvgIpc) is 2.44. The van der Waals surface area contributed by atoms with Crippen LogP contribution in [0, 0.1) is 11.3 Å². The van der Waals surface area contributed by atoms with Crippen molar-refractivity contribution in [2.75, 3.05) is 32.8 Å². The molecule has 3 fully saturated rings. The molecule has 4 N–H and O–H groups in total. The Morgan fingerprint density at radius 1 is 1.42 bits per heavy atom. The number of hydrogen-bond acceptors (Lipinski definition) is 5. The summed E-state index contributed by atoms with van der Waals surface area (Å²) in [6, 6.07) is -1.00. The first-order valence-corrected chi connectivity index (χ1v) is 8.22. The zero-order chi connectivity index (χ0) is 17.3. The van der Waals surface area contributed by atoms with Crippen LogP contribution in [0.5, 0.6) is 0 Å². The first kappa shape index (κ1) is 17.0. The van der Waals surface area contributed by atoms with Gasteiger partial charge in [0.25, 0.3) is 5.91 Å². The predicted molar refractivity (Wildman–Crippen MR) is 81.1 cm³/mol. The molecule has 0 bridgehead atoms. The highest BCUT2D eigenvalue weighted by Crippen LogP contribution is 2.38. The number of aliphatic hydroxyl groups is 1. The first-order chi connectivity index (χ1) is 11.4. The second kappa shape index (κ2) is 6.56. The maximum absolute atomic E-state index is 12.4. The van der Waals surface area contributed by atoms with E-state index in [1.54, 1.807) is 0 Å². The quantitative estimate of drug-likeness (QED) is 0.495. The monoisotopic (exact) mass is 341 g/mol. The SMILES string of the molecule is O=C(O)N[C@@H](C[C@@H]1CCCNC1=O)C(O)C(=O)N1CC2(COC2)C1. The average molecular weight is 341 g/mol. The lowest BCUT2D eigenvalue weighted by Gasteiger charge is -2.55. The van der Waals surface area contributed by atoms with Gasteiger partial charge in [0.2, 0.25) is 5.91 Å². The van der Waals surface area contributed by atoms with E-state index < -0.39 is 30.1 Å². The van der Waals surface area contributed by atoms with Crippen LogP contribution >= 0.6 is 0 Å². The van der Waals surface area contributed by atoms with Crippen molar-refractivity contribution in [2.24, 2.45) is 11.3 Å². The molecule has 134 valence electrons. The molecule has 1 spiro atoms. The van der Waals surface area contributed by atoms with E-state index in [2.05, 4.69) is 10.6 Å². The molecule has 3 atom stereocenters. The van der Waals surface area contributed by atoms with Gasteiger partial charge >= 0.3 is 6.09 Å². The van der Waals surface area contributed by atoms with Gasteiger partial charge in [0, 0.05) is 25.6 Å². The Balaban J connectivity index is 1.60.